The van der Waals surface area contributed by atoms with Crippen molar-refractivity contribution in [3.63, 3.8) is 0 Å². The van der Waals surface area contributed by atoms with Gasteiger partial charge in [-0.05, 0) is 32.3 Å². The number of esters is 1. The first kappa shape index (κ1) is 12.2. The van der Waals surface area contributed by atoms with Crippen molar-refractivity contribution in [3.05, 3.63) is 35.9 Å². The van der Waals surface area contributed by atoms with Crippen LogP contribution in [0.4, 0.5) is 0 Å². The molecule has 2 heteroatoms. The summed E-state index contributed by atoms with van der Waals surface area (Å²) in [7, 11) is 0. The summed E-state index contributed by atoms with van der Waals surface area (Å²) in [4.78, 5) is 12.0. The molecule has 1 aliphatic rings. The lowest BCUT2D eigenvalue weighted by Gasteiger charge is -2.19. The fraction of sp³-hybridized carbons (Fsp3) is 0.533. The van der Waals surface area contributed by atoms with E-state index in [0.29, 0.717) is 11.8 Å². The van der Waals surface area contributed by atoms with Gasteiger partial charge < -0.3 is 4.74 Å². The van der Waals surface area contributed by atoms with E-state index in [0.717, 1.165) is 0 Å². The Kier molecular flexibility index (Phi) is 2.98. The highest BCUT2D eigenvalue weighted by Crippen LogP contribution is 2.54. The Labute approximate surface area is 103 Å². The zero-order valence-electron chi connectivity index (χ0n) is 10.9. The fourth-order valence-electron chi connectivity index (χ4n) is 2.38. The largest absolute Gasteiger partial charge is 0.460 e. The van der Waals surface area contributed by atoms with Gasteiger partial charge in [-0.1, -0.05) is 37.3 Å². The van der Waals surface area contributed by atoms with E-state index in [1.54, 1.807) is 0 Å². The third-order valence-corrected chi connectivity index (χ3v) is 3.24. The molecule has 1 aromatic carbocycles. The minimum absolute atomic E-state index is 0.0385. The smallest absolute Gasteiger partial charge is 0.310 e. The van der Waals surface area contributed by atoms with E-state index in [9.17, 15) is 4.79 Å². The van der Waals surface area contributed by atoms with Gasteiger partial charge in [-0.25, -0.2) is 0 Å². The minimum Gasteiger partial charge on any atom is -0.460 e. The predicted octanol–water partition coefficient (Wildman–Crippen LogP) is 3.38. The van der Waals surface area contributed by atoms with Gasteiger partial charge in [0.05, 0.1) is 5.92 Å². The van der Waals surface area contributed by atoms with Gasteiger partial charge in [-0.15, -0.1) is 0 Å². The van der Waals surface area contributed by atoms with Crippen LogP contribution in [-0.4, -0.2) is 11.6 Å². The van der Waals surface area contributed by atoms with E-state index in [1.807, 2.05) is 39.0 Å². The summed E-state index contributed by atoms with van der Waals surface area (Å²) >= 11 is 0. The molecule has 0 amide bonds. The summed E-state index contributed by atoms with van der Waals surface area (Å²) in [6, 6.07) is 10.2. The first-order chi connectivity index (χ1) is 7.90. The zero-order chi connectivity index (χ0) is 12.6. The third kappa shape index (κ3) is 2.68. The molecule has 3 atom stereocenters. The first-order valence-corrected chi connectivity index (χ1v) is 6.18. The molecule has 92 valence electrons. The molecular formula is C15H20O2. The monoisotopic (exact) mass is 232 g/mol. The van der Waals surface area contributed by atoms with Crippen LogP contribution in [0, 0.1) is 11.8 Å². The standard InChI is InChI=1S/C15H20O2/c1-10-12(11-8-6-5-7-9-11)13(10)14(16)17-15(2,3)4/h5-10,12-13H,1-4H3/t10-,12+,13?/m1/s1. The van der Waals surface area contributed by atoms with Gasteiger partial charge >= 0.3 is 5.97 Å². The number of hydrogen-bond acceptors (Lipinski definition) is 2. The average Bonchev–Trinajstić information content (AvgIpc) is 2.89. The van der Waals surface area contributed by atoms with Gasteiger partial charge in [0.1, 0.15) is 5.60 Å². The normalized spacial score (nSPS) is 27.6. The van der Waals surface area contributed by atoms with Crippen molar-refractivity contribution in [2.45, 2.75) is 39.2 Å². The quantitative estimate of drug-likeness (QED) is 0.731. The molecule has 0 bridgehead atoms. The van der Waals surface area contributed by atoms with E-state index >= 15 is 0 Å². The number of ether oxygens (including phenoxy) is 1. The Hall–Kier alpha value is -1.31. The van der Waals surface area contributed by atoms with E-state index in [-0.39, 0.29) is 17.5 Å². The average molecular weight is 232 g/mol. The van der Waals surface area contributed by atoms with Crippen LogP contribution < -0.4 is 0 Å². The van der Waals surface area contributed by atoms with Crippen molar-refractivity contribution in [3.8, 4) is 0 Å². The second-order valence-electron chi connectivity index (χ2n) is 5.85. The van der Waals surface area contributed by atoms with E-state index in [2.05, 4.69) is 19.1 Å². The molecule has 1 aliphatic carbocycles. The molecule has 0 radical (unpaired) electrons. The fourth-order valence-corrected chi connectivity index (χ4v) is 2.38. The molecule has 0 heterocycles. The van der Waals surface area contributed by atoms with Gasteiger partial charge in [-0.2, -0.15) is 0 Å². The van der Waals surface area contributed by atoms with Crippen LogP contribution >= 0.6 is 0 Å². The van der Waals surface area contributed by atoms with Crippen LogP contribution in [0.1, 0.15) is 39.2 Å². The number of carbonyl (C=O) groups excluding carboxylic acids is 1. The molecule has 17 heavy (non-hydrogen) atoms. The number of benzene rings is 1. The highest BCUT2D eigenvalue weighted by atomic mass is 16.6. The van der Waals surface area contributed by atoms with Crippen LogP contribution in [0.25, 0.3) is 0 Å². The molecule has 2 nitrogen and oxygen atoms in total. The predicted molar refractivity (Wildman–Crippen MR) is 67.7 cm³/mol. The Balaban J connectivity index is 2.04. The molecule has 0 N–H and O–H groups in total. The molecule has 1 fully saturated rings. The van der Waals surface area contributed by atoms with Gasteiger partial charge in [-0.3, -0.25) is 4.79 Å². The highest BCUT2D eigenvalue weighted by molar-refractivity contribution is 5.78. The maximum Gasteiger partial charge on any atom is 0.310 e. The van der Waals surface area contributed by atoms with Crippen molar-refractivity contribution in [2.24, 2.45) is 11.8 Å². The summed E-state index contributed by atoms with van der Waals surface area (Å²) in [6.07, 6.45) is 0. The van der Waals surface area contributed by atoms with E-state index in [4.69, 9.17) is 4.74 Å². The van der Waals surface area contributed by atoms with Gasteiger partial charge in [0, 0.05) is 5.92 Å². The van der Waals surface area contributed by atoms with Gasteiger partial charge in [0.25, 0.3) is 0 Å². The lowest BCUT2D eigenvalue weighted by atomic mass is 10.1. The van der Waals surface area contributed by atoms with E-state index in [1.165, 1.54) is 5.56 Å². The molecule has 1 saturated carbocycles. The van der Waals surface area contributed by atoms with Crippen LogP contribution in [0.5, 0.6) is 0 Å². The SMILES string of the molecule is C[C@H]1C(C(=O)OC(C)(C)C)[C@@H]1c1ccccc1. The van der Waals surface area contributed by atoms with Gasteiger partial charge in [0.15, 0.2) is 0 Å². The van der Waals surface area contributed by atoms with Gasteiger partial charge in [0.2, 0.25) is 0 Å². The van der Waals surface area contributed by atoms with Crippen LogP contribution in [0.2, 0.25) is 0 Å². The number of carbonyl (C=O) groups is 1. The molecule has 0 aromatic heterocycles. The number of rotatable bonds is 2. The summed E-state index contributed by atoms with van der Waals surface area (Å²) < 4.78 is 5.44. The van der Waals surface area contributed by atoms with Crippen molar-refractivity contribution < 1.29 is 9.53 Å². The molecule has 1 aromatic rings. The topological polar surface area (TPSA) is 26.3 Å². The first-order valence-electron chi connectivity index (χ1n) is 6.18. The Morgan fingerprint density at radius 3 is 2.29 bits per heavy atom. The maximum absolute atomic E-state index is 12.0. The zero-order valence-corrected chi connectivity index (χ0v) is 10.9. The Morgan fingerprint density at radius 1 is 1.18 bits per heavy atom. The van der Waals surface area contributed by atoms with Crippen LogP contribution in [0.15, 0.2) is 30.3 Å². The third-order valence-electron chi connectivity index (χ3n) is 3.24. The molecule has 0 aliphatic heterocycles. The Morgan fingerprint density at radius 2 is 1.76 bits per heavy atom. The molecule has 1 unspecified atom stereocenters. The second kappa shape index (κ2) is 4.17. The van der Waals surface area contributed by atoms with Crippen molar-refractivity contribution in [1.29, 1.82) is 0 Å². The van der Waals surface area contributed by atoms with Crippen LogP contribution in [0.3, 0.4) is 0 Å². The number of hydrogen-bond donors (Lipinski definition) is 0. The highest BCUT2D eigenvalue weighted by Gasteiger charge is 2.53. The summed E-state index contributed by atoms with van der Waals surface area (Å²) in [6.45, 7) is 7.85. The lowest BCUT2D eigenvalue weighted by Crippen LogP contribution is -2.25. The van der Waals surface area contributed by atoms with Crippen LogP contribution in [-0.2, 0) is 9.53 Å². The van der Waals surface area contributed by atoms with Crippen molar-refractivity contribution >= 4 is 5.97 Å². The molecular weight excluding hydrogens is 212 g/mol. The molecule has 0 saturated heterocycles. The van der Waals surface area contributed by atoms with Crippen molar-refractivity contribution in [2.75, 3.05) is 0 Å². The van der Waals surface area contributed by atoms with Crippen molar-refractivity contribution in [1.82, 2.24) is 0 Å². The maximum atomic E-state index is 12.0. The molecule has 2 rings (SSSR count). The summed E-state index contributed by atoms with van der Waals surface area (Å²) in [5, 5.41) is 0. The second-order valence-corrected chi connectivity index (χ2v) is 5.85. The Bertz CT molecular complexity index is 403. The summed E-state index contributed by atoms with van der Waals surface area (Å²) in [5.41, 5.74) is 0.858. The minimum atomic E-state index is -0.388. The lowest BCUT2D eigenvalue weighted by molar-refractivity contribution is -0.156. The molecule has 0 spiro atoms. The summed E-state index contributed by atoms with van der Waals surface area (Å²) in [5.74, 6) is 0.716. The van der Waals surface area contributed by atoms with E-state index < -0.39 is 0 Å².